The van der Waals surface area contributed by atoms with E-state index in [9.17, 15) is 9.90 Å². The summed E-state index contributed by atoms with van der Waals surface area (Å²) in [5.74, 6) is -0.609. The molecule has 110 valence electrons. The lowest BCUT2D eigenvalue weighted by Crippen LogP contribution is -2.20. The van der Waals surface area contributed by atoms with E-state index in [0.29, 0.717) is 12.8 Å². The van der Waals surface area contributed by atoms with E-state index in [1.54, 1.807) is 13.3 Å². The fraction of sp³-hybridized carbons (Fsp3) is 0.294. The topological polar surface area (TPSA) is 59.4 Å². The first-order valence-corrected chi connectivity index (χ1v) is 6.87. The number of aliphatic carboxylic acids is 1. The van der Waals surface area contributed by atoms with Crippen LogP contribution < -0.4 is 4.74 Å². The van der Waals surface area contributed by atoms with Crippen molar-refractivity contribution in [3.05, 3.63) is 59.4 Å². The van der Waals surface area contributed by atoms with Crippen molar-refractivity contribution >= 4 is 5.97 Å². The Balaban J connectivity index is 2.20. The van der Waals surface area contributed by atoms with Crippen LogP contribution in [-0.2, 0) is 17.6 Å². The number of carboxylic acids is 1. The highest BCUT2D eigenvalue weighted by atomic mass is 16.5. The van der Waals surface area contributed by atoms with Crippen molar-refractivity contribution in [2.75, 3.05) is 7.11 Å². The number of para-hydroxylation sites is 1. The molecule has 4 nitrogen and oxygen atoms in total. The van der Waals surface area contributed by atoms with Crippen molar-refractivity contribution in [3.8, 4) is 5.75 Å². The van der Waals surface area contributed by atoms with Crippen LogP contribution in [0.2, 0.25) is 0 Å². The quantitative estimate of drug-likeness (QED) is 0.886. The number of carbonyl (C=O) groups is 1. The molecular formula is C17H19NO3. The van der Waals surface area contributed by atoms with Crippen molar-refractivity contribution in [3.63, 3.8) is 0 Å². The van der Waals surface area contributed by atoms with Gasteiger partial charge in [0, 0.05) is 18.3 Å². The van der Waals surface area contributed by atoms with Crippen LogP contribution in [0.25, 0.3) is 0 Å². The number of pyridine rings is 1. The third-order valence-electron chi connectivity index (χ3n) is 3.57. The van der Waals surface area contributed by atoms with Crippen molar-refractivity contribution in [2.24, 2.45) is 5.92 Å². The van der Waals surface area contributed by atoms with E-state index < -0.39 is 11.9 Å². The number of methoxy groups -OCH3 is 1. The van der Waals surface area contributed by atoms with Crippen LogP contribution in [0.3, 0.4) is 0 Å². The average Bonchev–Trinajstić information content (AvgIpc) is 2.49. The minimum atomic E-state index is -0.814. The van der Waals surface area contributed by atoms with Gasteiger partial charge in [-0.25, -0.2) is 0 Å². The maximum Gasteiger partial charge on any atom is 0.307 e. The summed E-state index contributed by atoms with van der Waals surface area (Å²) in [5.41, 5.74) is 2.75. The lowest BCUT2D eigenvalue weighted by atomic mass is 9.93. The second-order valence-electron chi connectivity index (χ2n) is 5.02. The van der Waals surface area contributed by atoms with Crippen LogP contribution in [0.15, 0.2) is 42.6 Å². The van der Waals surface area contributed by atoms with Gasteiger partial charge in [0.2, 0.25) is 0 Å². The number of benzene rings is 1. The number of aromatic nitrogens is 1. The van der Waals surface area contributed by atoms with Crippen LogP contribution in [0.4, 0.5) is 0 Å². The van der Waals surface area contributed by atoms with Gasteiger partial charge in [-0.2, -0.15) is 0 Å². The Morgan fingerprint density at radius 2 is 2.00 bits per heavy atom. The fourth-order valence-electron chi connectivity index (χ4n) is 2.35. The van der Waals surface area contributed by atoms with E-state index in [-0.39, 0.29) is 0 Å². The van der Waals surface area contributed by atoms with Crippen molar-refractivity contribution in [2.45, 2.75) is 19.8 Å². The number of rotatable bonds is 6. The molecule has 0 saturated carbocycles. The minimum absolute atomic E-state index is 0.417. The van der Waals surface area contributed by atoms with Gasteiger partial charge in [0.05, 0.1) is 13.0 Å². The van der Waals surface area contributed by atoms with E-state index in [1.807, 2.05) is 43.3 Å². The SMILES string of the molecule is COc1ccccc1CC(Cc1ncccc1C)C(=O)O. The smallest absolute Gasteiger partial charge is 0.307 e. The predicted molar refractivity (Wildman–Crippen MR) is 80.5 cm³/mol. The lowest BCUT2D eigenvalue weighted by molar-refractivity contribution is -0.141. The molecule has 21 heavy (non-hydrogen) atoms. The first-order chi connectivity index (χ1) is 10.1. The van der Waals surface area contributed by atoms with Crippen LogP contribution in [0.1, 0.15) is 16.8 Å². The van der Waals surface area contributed by atoms with Gasteiger partial charge in [-0.1, -0.05) is 24.3 Å². The summed E-state index contributed by atoms with van der Waals surface area (Å²) in [4.78, 5) is 15.8. The Morgan fingerprint density at radius 1 is 1.24 bits per heavy atom. The van der Waals surface area contributed by atoms with Gasteiger partial charge in [-0.3, -0.25) is 9.78 Å². The van der Waals surface area contributed by atoms with Crippen LogP contribution >= 0.6 is 0 Å². The van der Waals surface area contributed by atoms with Crippen molar-refractivity contribution in [1.29, 1.82) is 0 Å². The van der Waals surface area contributed by atoms with Crippen molar-refractivity contribution < 1.29 is 14.6 Å². The molecule has 1 aromatic carbocycles. The number of aryl methyl sites for hydroxylation is 1. The number of hydrogen-bond donors (Lipinski definition) is 1. The molecule has 1 aromatic heterocycles. The van der Waals surface area contributed by atoms with Gasteiger partial charge < -0.3 is 9.84 Å². The summed E-state index contributed by atoms with van der Waals surface area (Å²) in [6.45, 7) is 1.95. The highest BCUT2D eigenvalue weighted by Crippen LogP contribution is 2.23. The van der Waals surface area contributed by atoms with Gasteiger partial charge in [-0.05, 0) is 36.6 Å². The average molecular weight is 285 g/mol. The first-order valence-electron chi connectivity index (χ1n) is 6.87. The van der Waals surface area contributed by atoms with Gasteiger partial charge in [0.1, 0.15) is 5.75 Å². The highest BCUT2D eigenvalue weighted by molar-refractivity contribution is 5.71. The third kappa shape index (κ3) is 3.81. The minimum Gasteiger partial charge on any atom is -0.496 e. The van der Waals surface area contributed by atoms with Gasteiger partial charge in [0.25, 0.3) is 0 Å². The molecule has 0 spiro atoms. The monoisotopic (exact) mass is 285 g/mol. The number of hydrogen-bond acceptors (Lipinski definition) is 3. The first kappa shape index (κ1) is 15.0. The number of ether oxygens (including phenoxy) is 1. The second kappa shape index (κ2) is 6.88. The number of carboxylic acid groups (broad SMARTS) is 1. The van der Waals surface area contributed by atoms with Crippen LogP contribution in [-0.4, -0.2) is 23.2 Å². The highest BCUT2D eigenvalue weighted by Gasteiger charge is 2.21. The molecule has 4 heteroatoms. The zero-order chi connectivity index (χ0) is 15.2. The zero-order valence-electron chi connectivity index (χ0n) is 12.2. The van der Waals surface area contributed by atoms with Crippen LogP contribution in [0, 0.1) is 12.8 Å². The summed E-state index contributed by atoms with van der Waals surface area (Å²) in [6, 6.07) is 11.3. The standard InChI is InChI=1S/C17H19NO3/c1-12-6-5-9-18-15(12)11-14(17(19)20)10-13-7-3-4-8-16(13)21-2/h3-9,14H,10-11H2,1-2H3,(H,19,20). The maximum atomic E-state index is 11.6. The molecular weight excluding hydrogens is 266 g/mol. The zero-order valence-corrected chi connectivity index (χ0v) is 12.2. The van der Waals surface area contributed by atoms with Gasteiger partial charge in [0.15, 0.2) is 0 Å². The lowest BCUT2D eigenvalue weighted by Gasteiger charge is -2.15. The van der Waals surface area contributed by atoms with Gasteiger partial charge >= 0.3 is 5.97 Å². The second-order valence-corrected chi connectivity index (χ2v) is 5.02. The molecule has 1 atom stereocenters. The third-order valence-corrected chi connectivity index (χ3v) is 3.57. The molecule has 0 amide bonds. The number of nitrogens with zero attached hydrogens (tertiary/aromatic N) is 1. The Bertz CT molecular complexity index is 625. The Kier molecular flexibility index (Phi) is 4.93. The molecule has 0 radical (unpaired) electrons. The summed E-state index contributed by atoms with van der Waals surface area (Å²) in [6.07, 6.45) is 2.54. The van der Waals surface area contributed by atoms with E-state index in [1.165, 1.54) is 0 Å². The summed E-state index contributed by atoms with van der Waals surface area (Å²) in [5, 5.41) is 9.48. The molecule has 1 N–H and O–H groups in total. The normalized spacial score (nSPS) is 11.9. The predicted octanol–water partition coefficient (Wildman–Crippen LogP) is 2.88. The summed E-state index contributed by atoms with van der Waals surface area (Å²) >= 11 is 0. The molecule has 0 fully saturated rings. The molecule has 0 aliphatic heterocycles. The molecule has 1 unspecified atom stereocenters. The maximum absolute atomic E-state index is 11.6. The Morgan fingerprint density at radius 3 is 2.67 bits per heavy atom. The van der Waals surface area contributed by atoms with Crippen molar-refractivity contribution in [1.82, 2.24) is 4.98 Å². The molecule has 0 bridgehead atoms. The van der Waals surface area contributed by atoms with E-state index in [2.05, 4.69) is 4.98 Å². The van der Waals surface area contributed by atoms with E-state index in [4.69, 9.17) is 4.74 Å². The Hall–Kier alpha value is -2.36. The molecule has 2 aromatic rings. The summed E-state index contributed by atoms with van der Waals surface area (Å²) in [7, 11) is 1.59. The Labute approximate surface area is 124 Å². The molecule has 2 rings (SSSR count). The summed E-state index contributed by atoms with van der Waals surface area (Å²) < 4.78 is 5.29. The van der Waals surface area contributed by atoms with E-state index in [0.717, 1.165) is 22.6 Å². The van der Waals surface area contributed by atoms with Crippen LogP contribution in [0.5, 0.6) is 5.75 Å². The largest absolute Gasteiger partial charge is 0.496 e. The molecule has 1 heterocycles. The van der Waals surface area contributed by atoms with Gasteiger partial charge in [-0.15, -0.1) is 0 Å². The van der Waals surface area contributed by atoms with E-state index >= 15 is 0 Å². The fourth-order valence-corrected chi connectivity index (χ4v) is 2.35. The molecule has 0 aliphatic carbocycles. The molecule has 0 saturated heterocycles. The molecule has 0 aliphatic rings.